The van der Waals surface area contributed by atoms with Gasteiger partial charge < -0.3 is 0 Å². The summed E-state index contributed by atoms with van der Waals surface area (Å²) in [5.41, 5.74) is 6.14. The average Bonchev–Trinajstić information content (AvgIpc) is 2.78. The molecule has 0 amide bonds. The van der Waals surface area contributed by atoms with Crippen LogP contribution < -0.4 is 0 Å². The van der Waals surface area contributed by atoms with Gasteiger partial charge >= 0.3 is 0 Å². The Labute approximate surface area is 166 Å². The fourth-order valence-corrected chi connectivity index (χ4v) is 5.61. The molecule has 0 aromatic heterocycles. The smallest absolute Gasteiger partial charge is 0.0153 e. The summed E-state index contributed by atoms with van der Waals surface area (Å²) in [6.07, 6.45) is 5.40. The minimum Gasteiger partial charge on any atom is -0.0616 e. The number of fused-ring (bicyclic) bond motifs is 4. The Balaban J connectivity index is 1.59. The van der Waals surface area contributed by atoms with Gasteiger partial charge in [0.25, 0.3) is 0 Å². The third kappa shape index (κ3) is 2.52. The lowest BCUT2D eigenvalue weighted by Gasteiger charge is -2.41. The van der Waals surface area contributed by atoms with E-state index >= 15 is 0 Å². The second kappa shape index (κ2) is 6.34. The Morgan fingerprint density at radius 2 is 0.821 bits per heavy atom. The molecule has 0 atom stereocenters. The molecule has 1 fully saturated rings. The van der Waals surface area contributed by atoms with Gasteiger partial charge in [-0.15, -0.1) is 0 Å². The van der Waals surface area contributed by atoms with Crippen LogP contribution in [0.4, 0.5) is 0 Å². The topological polar surface area (TPSA) is 0 Å². The van der Waals surface area contributed by atoms with Crippen LogP contribution in [0.2, 0.25) is 0 Å². The molecule has 28 heavy (non-hydrogen) atoms. The first-order chi connectivity index (χ1) is 13.9. The zero-order valence-corrected chi connectivity index (χ0v) is 16.1. The largest absolute Gasteiger partial charge is 0.0616 e. The number of benzene rings is 4. The lowest BCUT2D eigenvalue weighted by atomic mass is 9.63. The Bertz CT molecular complexity index is 1120. The highest BCUT2D eigenvalue weighted by Crippen LogP contribution is 2.53. The van der Waals surface area contributed by atoms with Crippen molar-refractivity contribution < 1.29 is 0 Å². The zero-order valence-electron chi connectivity index (χ0n) is 16.1. The summed E-state index contributed by atoms with van der Waals surface area (Å²) in [5, 5.41) is 5.37. The van der Waals surface area contributed by atoms with Crippen LogP contribution in [-0.2, 0) is 0 Å². The average molecular weight is 361 g/mol. The first-order valence-electron chi connectivity index (χ1n) is 10.6. The highest BCUT2D eigenvalue weighted by molar-refractivity contribution is 5.99. The van der Waals surface area contributed by atoms with E-state index in [1.807, 2.05) is 0 Å². The molecular weight excluding hydrogens is 336 g/mol. The van der Waals surface area contributed by atoms with Crippen molar-refractivity contribution in [2.45, 2.75) is 25.7 Å². The Kier molecular flexibility index (Phi) is 3.65. The highest BCUT2D eigenvalue weighted by atomic mass is 14.4. The van der Waals surface area contributed by atoms with Gasteiger partial charge in [-0.2, -0.15) is 0 Å². The molecule has 0 spiro atoms. The van der Waals surface area contributed by atoms with E-state index in [2.05, 4.69) is 84.9 Å². The van der Waals surface area contributed by atoms with Crippen LogP contribution in [0.15, 0.2) is 84.9 Å². The van der Waals surface area contributed by atoms with E-state index in [-0.39, 0.29) is 0 Å². The summed E-state index contributed by atoms with van der Waals surface area (Å²) in [6, 6.07) is 31.7. The molecular formula is C28H24. The van der Waals surface area contributed by atoms with Gasteiger partial charge in [0.05, 0.1) is 0 Å². The molecule has 0 heterocycles. The molecule has 4 aromatic rings. The maximum Gasteiger partial charge on any atom is -0.0153 e. The van der Waals surface area contributed by atoms with Crippen molar-refractivity contribution in [3.05, 3.63) is 96.1 Å². The van der Waals surface area contributed by atoms with E-state index < -0.39 is 0 Å². The summed E-state index contributed by atoms with van der Waals surface area (Å²) in [6.45, 7) is 0. The van der Waals surface area contributed by atoms with Gasteiger partial charge in [-0.25, -0.2) is 0 Å². The number of rotatable bonds is 2. The molecule has 2 bridgehead atoms. The first kappa shape index (κ1) is 16.1. The van der Waals surface area contributed by atoms with E-state index in [1.54, 1.807) is 11.1 Å². The number of hydrogen-bond donors (Lipinski definition) is 0. The van der Waals surface area contributed by atoms with Gasteiger partial charge in [-0.3, -0.25) is 0 Å². The van der Waals surface area contributed by atoms with Crippen LogP contribution in [0.5, 0.6) is 0 Å². The van der Waals surface area contributed by atoms with Crippen LogP contribution in [0, 0.1) is 11.8 Å². The standard InChI is InChI=1S/C28H24/c1-3-7-23-17-25(15-9-19(23)5-1)27-21-11-13-22(14-12-21)28(27)26-16-10-20-6-2-4-8-24(20)18-26/h1-10,15-18,21-22H,11-14H2. The molecule has 0 unspecified atom stereocenters. The molecule has 1 saturated carbocycles. The lowest BCUT2D eigenvalue weighted by molar-refractivity contribution is 0.351. The van der Waals surface area contributed by atoms with E-state index in [0.717, 1.165) is 0 Å². The first-order valence-corrected chi connectivity index (χ1v) is 10.6. The predicted octanol–water partition coefficient (Wildman–Crippen LogP) is 7.72. The van der Waals surface area contributed by atoms with Crippen LogP contribution in [0.1, 0.15) is 36.8 Å². The van der Waals surface area contributed by atoms with Crippen molar-refractivity contribution in [3.63, 3.8) is 0 Å². The second-order valence-corrected chi connectivity index (χ2v) is 8.50. The van der Waals surface area contributed by atoms with Crippen molar-refractivity contribution in [2.75, 3.05) is 0 Å². The zero-order chi connectivity index (χ0) is 18.5. The molecule has 0 N–H and O–H groups in total. The fourth-order valence-electron chi connectivity index (χ4n) is 5.61. The summed E-state index contributed by atoms with van der Waals surface area (Å²) in [4.78, 5) is 0. The van der Waals surface area contributed by atoms with Crippen molar-refractivity contribution in [1.29, 1.82) is 0 Å². The summed E-state index contributed by atoms with van der Waals surface area (Å²) in [7, 11) is 0. The highest BCUT2D eigenvalue weighted by Gasteiger charge is 2.36. The van der Waals surface area contributed by atoms with Crippen LogP contribution in [0.3, 0.4) is 0 Å². The predicted molar refractivity (Wildman–Crippen MR) is 120 cm³/mol. The summed E-state index contributed by atoms with van der Waals surface area (Å²) in [5.74, 6) is 1.43. The molecule has 0 heteroatoms. The minimum absolute atomic E-state index is 0.715. The van der Waals surface area contributed by atoms with Gasteiger partial charge in [0.2, 0.25) is 0 Å². The van der Waals surface area contributed by atoms with Gasteiger partial charge in [-0.1, -0.05) is 72.8 Å². The Hall–Kier alpha value is -2.86. The lowest BCUT2D eigenvalue weighted by Crippen LogP contribution is -2.25. The molecule has 0 nitrogen and oxygen atoms in total. The van der Waals surface area contributed by atoms with Gasteiger partial charge in [0.15, 0.2) is 0 Å². The van der Waals surface area contributed by atoms with E-state index in [9.17, 15) is 0 Å². The molecule has 0 saturated heterocycles. The Morgan fingerprint density at radius 3 is 1.25 bits per heavy atom. The second-order valence-electron chi connectivity index (χ2n) is 8.50. The molecule has 0 radical (unpaired) electrons. The van der Waals surface area contributed by atoms with Crippen molar-refractivity contribution in [3.8, 4) is 0 Å². The summed E-state index contributed by atoms with van der Waals surface area (Å²) >= 11 is 0. The number of hydrogen-bond acceptors (Lipinski definition) is 0. The van der Waals surface area contributed by atoms with E-state index in [1.165, 1.54) is 58.4 Å². The van der Waals surface area contributed by atoms with Crippen LogP contribution >= 0.6 is 0 Å². The quantitative estimate of drug-likeness (QED) is 0.343. The van der Waals surface area contributed by atoms with Crippen LogP contribution in [-0.4, -0.2) is 0 Å². The van der Waals surface area contributed by atoms with Crippen molar-refractivity contribution in [1.82, 2.24) is 0 Å². The molecule has 3 aliphatic carbocycles. The minimum atomic E-state index is 0.715. The van der Waals surface area contributed by atoms with Crippen molar-refractivity contribution in [2.24, 2.45) is 11.8 Å². The monoisotopic (exact) mass is 360 g/mol. The Morgan fingerprint density at radius 1 is 0.429 bits per heavy atom. The maximum absolute atomic E-state index is 2.42. The molecule has 4 aromatic carbocycles. The SMILES string of the molecule is c1ccc2cc(C3=C(c4ccc5ccccc5c4)C4CCC3CC4)ccc2c1. The fraction of sp³-hybridized carbons (Fsp3) is 0.214. The molecule has 3 aliphatic rings. The normalized spacial score (nSPS) is 21.6. The van der Waals surface area contributed by atoms with E-state index in [0.29, 0.717) is 11.8 Å². The molecule has 136 valence electrons. The van der Waals surface area contributed by atoms with Crippen molar-refractivity contribution >= 4 is 32.7 Å². The third-order valence-electron chi connectivity index (χ3n) is 6.95. The maximum atomic E-state index is 2.42. The van der Waals surface area contributed by atoms with Crippen LogP contribution in [0.25, 0.3) is 32.7 Å². The van der Waals surface area contributed by atoms with E-state index in [4.69, 9.17) is 0 Å². The third-order valence-corrected chi connectivity index (χ3v) is 6.95. The van der Waals surface area contributed by atoms with Gasteiger partial charge in [0.1, 0.15) is 0 Å². The molecule has 0 aliphatic heterocycles. The molecule has 7 rings (SSSR count). The number of allylic oxidation sites excluding steroid dienone is 2. The van der Waals surface area contributed by atoms with Gasteiger partial charge in [-0.05, 0) is 93.5 Å². The van der Waals surface area contributed by atoms with Gasteiger partial charge in [0, 0.05) is 0 Å². The summed E-state index contributed by atoms with van der Waals surface area (Å²) < 4.78 is 0.